The molecule has 21 heteroatoms. The zero-order chi connectivity index (χ0) is 54.6. The number of fused-ring (bicyclic) bond motifs is 7. The molecule has 25 atom stereocenters. The number of carbonyl (C=O) groups is 2. The largest absolute Gasteiger partial charge is 0.453 e. The molecular formula is C53H84O21. The lowest BCUT2D eigenvalue weighted by molar-refractivity contribution is -0.370. The summed E-state index contributed by atoms with van der Waals surface area (Å²) < 4.78 is 42.1. The quantitative estimate of drug-likeness (QED) is 0.0495. The van der Waals surface area contributed by atoms with Crippen molar-refractivity contribution in [3.05, 3.63) is 23.3 Å². The Kier molecular flexibility index (Phi) is 16.4. The molecule has 422 valence electrons. The number of aliphatic hydroxyl groups excluding tert-OH is 12. The van der Waals surface area contributed by atoms with Crippen LogP contribution >= 0.6 is 0 Å². The van der Waals surface area contributed by atoms with Gasteiger partial charge in [-0.25, -0.2) is 4.79 Å². The summed E-state index contributed by atoms with van der Waals surface area (Å²) in [6, 6.07) is 0. The third-order valence-electron chi connectivity index (χ3n) is 20.4. The molecule has 0 bridgehead atoms. The molecule has 3 heterocycles. The SMILES string of the molecule is C/C=C(/C)C(=O)O[C@@H]1[C@@H](O)[C@H](O[C@H]2CC[C@]3(C)[C@H]4CC=C5[C@@H]6CC(C)(C)[C@@H](O)[C@H](O)[C@]6(CO[C@@H]6O[C@H](CO)[C@@H](O)[C@H](O)[C@H]6O[C@@H]6O[C@H](CO)[C@@H](O)[C@H](O)[C@H]6O)C(=O)C[C@@]5(C)[C@]4(C)CC[C@H]3C2(C)C)O[C@H](CO)[C@H]1O. The number of ether oxygens (including phenoxy) is 7. The Balaban J connectivity index is 1.07. The van der Waals surface area contributed by atoms with Gasteiger partial charge in [-0.3, -0.25) is 4.79 Å². The highest BCUT2D eigenvalue weighted by molar-refractivity contribution is 5.90. The summed E-state index contributed by atoms with van der Waals surface area (Å²) >= 11 is 0. The highest BCUT2D eigenvalue weighted by Gasteiger charge is 2.73. The Hall–Kier alpha value is -2.10. The molecule has 21 nitrogen and oxygen atoms in total. The lowest BCUT2D eigenvalue weighted by Gasteiger charge is -2.71. The van der Waals surface area contributed by atoms with Gasteiger partial charge in [-0.15, -0.1) is 0 Å². The molecule has 74 heavy (non-hydrogen) atoms. The van der Waals surface area contributed by atoms with Crippen LogP contribution in [0.5, 0.6) is 0 Å². The minimum atomic E-state index is -1.91. The van der Waals surface area contributed by atoms with Gasteiger partial charge in [0.1, 0.15) is 72.9 Å². The number of allylic oxidation sites excluding steroid dienone is 3. The van der Waals surface area contributed by atoms with E-state index in [-0.39, 0.29) is 41.4 Å². The lowest BCUT2D eigenvalue weighted by atomic mass is 9.33. The number of hydrogen-bond acceptors (Lipinski definition) is 21. The van der Waals surface area contributed by atoms with E-state index < -0.39 is 176 Å². The number of aliphatic hydroxyl groups is 12. The molecule has 12 N–H and O–H groups in total. The smallest absolute Gasteiger partial charge is 0.333 e. The van der Waals surface area contributed by atoms with E-state index >= 15 is 4.79 Å². The summed E-state index contributed by atoms with van der Waals surface area (Å²) in [5.74, 6) is -1.65. The first kappa shape index (κ1) is 58.1. The van der Waals surface area contributed by atoms with Crippen LogP contribution in [0.15, 0.2) is 23.3 Å². The van der Waals surface area contributed by atoms with Gasteiger partial charge in [0, 0.05) is 17.4 Å². The Morgan fingerprint density at radius 3 is 1.88 bits per heavy atom. The van der Waals surface area contributed by atoms with E-state index in [1.54, 1.807) is 19.9 Å². The maximum Gasteiger partial charge on any atom is 0.333 e. The number of ketones is 1. The lowest BCUT2D eigenvalue weighted by Crippen LogP contribution is -2.71. The molecule has 0 unspecified atom stereocenters. The number of Topliss-reactive ketones (excluding diaryl/α,β-unsaturated/α-hetero) is 1. The molecule has 5 aliphatic carbocycles. The van der Waals surface area contributed by atoms with E-state index in [2.05, 4.69) is 40.7 Å². The molecule has 0 amide bonds. The van der Waals surface area contributed by atoms with E-state index in [1.165, 1.54) is 0 Å². The second kappa shape index (κ2) is 20.8. The van der Waals surface area contributed by atoms with Crippen molar-refractivity contribution in [1.29, 1.82) is 0 Å². The van der Waals surface area contributed by atoms with E-state index in [0.717, 1.165) is 12.0 Å². The third kappa shape index (κ3) is 9.01. The second-order valence-corrected chi connectivity index (χ2v) is 24.9. The van der Waals surface area contributed by atoms with Crippen LogP contribution in [0.1, 0.15) is 107 Å². The molecule has 0 aromatic heterocycles. The molecule has 8 rings (SSSR count). The Morgan fingerprint density at radius 1 is 0.689 bits per heavy atom. The number of rotatable bonds is 12. The molecule has 0 spiro atoms. The van der Waals surface area contributed by atoms with E-state index in [1.807, 2.05) is 13.8 Å². The van der Waals surface area contributed by atoms with Gasteiger partial charge in [0.25, 0.3) is 0 Å². The summed E-state index contributed by atoms with van der Waals surface area (Å²) in [5, 5.41) is 131. The van der Waals surface area contributed by atoms with Crippen molar-refractivity contribution < 1.29 is 104 Å². The number of hydrogen-bond donors (Lipinski definition) is 12. The standard InChI is InChI=1S/C53H84O21/c1-10-23(2)44(67)73-40-35(60)28(21-56)70-46(39(40)64)72-32-14-15-50(7)29(49(32,5)6)13-16-51(8)30(50)12-11-24-25-17-48(3,4)42(65)43(66)53(25,31(57)18-52(24,51)9)22-68-47-41(37(62)34(59)27(20-55)71-47)74-45-38(63)36(61)33(58)26(19-54)69-45/h10-11,25-30,32-43,45-47,54-56,58-66H,12-22H2,1-9H3/b23-10-/t25-,26+,27+,28+,29-,30+,32-,33+,34+,35+,36-,37-,38+,39+,40-,41+,42-,43-,45-,46-,47+,50-,51+,52+,53-/m0/s1. The van der Waals surface area contributed by atoms with Gasteiger partial charge in [-0.1, -0.05) is 66.2 Å². The zero-order valence-electron chi connectivity index (χ0n) is 44.1. The molecule has 7 fully saturated rings. The van der Waals surface area contributed by atoms with Gasteiger partial charge in [0.2, 0.25) is 0 Å². The molecule has 4 saturated carbocycles. The maximum absolute atomic E-state index is 15.6. The molecule has 8 aliphatic rings. The summed E-state index contributed by atoms with van der Waals surface area (Å²) in [6.45, 7) is 15.1. The number of esters is 1. The van der Waals surface area contributed by atoms with Crippen molar-refractivity contribution in [3.63, 3.8) is 0 Å². The molecule has 3 saturated heterocycles. The van der Waals surface area contributed by atoms with Gasteiger partial charge >= 0.3 is 5.97 Å². The maximum atomic E-state index is 15.6. The average Bonchev–Trinajstić information content (AvgIpc) is 3.35. The van der Waals surface area contributed by atoms with Gasteiger partial charge in [0.05, 0.1) is 50.2 Å². The van der Waals surface area contributed by atoms with E-state index in [4.69, 9.17) is 33.2 Å². The second-order valence-electron chi connectivity index (χ2n) is 24.9. The topological polar surface area (TPSA) is 342 Å². The summed E-state index contributed by atoms with van der Waals surface area (Å²) in [6.07, 6.45) is -20.4. The summed E-state index contributed by atoms with van der Waals surface area (Å²) in [5.41, 5.74) is -3.48. The van der Waals surface area contributed by atoms with Gasteiger partial charge in [0.15, 0.2) is 25.0 Å². The predicted molar refractivity (Wildman–Crippen MR) is 257 cm³/mol. The summed E-state index contributed by atoms with van der Waals surface area (Å²) in [4.78, 5) is 28.4. The fraction of sp³-hybridized carbons (Fsp3) is 0.887. The van der Waals surface area contributed by atoms with Crippen LogP contribution in [-0.2, 0) is 42.7 Å². The van der Waals surface area contributed by atoms with Crippen molar-refractivity contribution in [2.75, 3.05) is 26.4 Å². The average molecular weight is 1060 g/mol. The normalized spacial score (nSPS) is 51.1. The minimum absolute atomic E-state index is 0.0310. The van der Waals surface area contributed by atoms with Crippen LogP contribution in [0.2, 0.25) is 0 Å². The molecule has 0 aromatic rings. The minimum Gasteiger partial charge on any atom is -0.453 e. The van der Waals surface area contributed by atoms with Crippen molar-refractivity contribution in [3.8, 4) is 0 Å². The van der Waals surface area contributed by atoms with Crippen molar-refractivity contribution in [1.82, 2.24) is 0 Å². The van der Waals surface area contributed by atoms with Crippen LogP contribution < -0.4 is 0 Å². The molecule has 3 aliphatic heterocycles. The Bertz CT molecular complexity index is 2120. The van der Waals surface area contributed by atoms with Crippen LogP contribution in [0.4, 0.5) is 0 Å². The third-order valence-corrected chi connectivity index (χ3v) is 20.4. The fourth-order valence-corrected chi connectivity index (χ4v) is 15.5. The van der Waals surface area contributed by atoms with E-state index in [0.29, 0.717) is 25.7 Å². The molecule has 0 aromatic carbocycles. The Labute approximate surface area is 432 Å². The summed E-state index contributed by atoms with van der Waals surface area (Å²) in [7, 11) is 0. The first-order valence-electron chi connectivity index (χ1n) is 26.5. The van der Waals surface area contributed by atoms with Crippen LogP contribution in [0.3, 0.4) is 0 Å². The number of carbonyl (C=O) groups excluding carboxylic acids is 2. The van der Waals surface area contributed by atoms with Crippen molar-refractivity contribution >= 4 is 11.8 Å². The molecule has 0 radical (unpaired) electrons. The van der Waals surface area contributed by atoms with Gasteiger partial charge < -0.3 is 94.4 Å². The first-order valence-corrected chi connectivity index (χ1v) is 26.5. The van der Waals surface area contributed by atoms with E-state index in [9.17, 15) is 66.1 Å². The van der Waals surface area contributed by atoms with Crippen molar-refractivity contribution in [2.24, 2.45) is 50.2 Å². The highest BCUT2D eigenvalue weighted by atomic mass is 16.8. The van der Waals surface area contributed by atoms with Crippen LogP contribution in [0, 0.1) is 50.2 Å². The van der Waals surface area contributed by atoms with Gasteiger partial charge in [-0.2, -0.15) is 0 Å². The fourth-order valence-electron chi connectivity index (χ4n) is 15.5. The van der Waals surface area contributed by atoms with Crippen molar-refractivity contribution in [2.45, 2.75) is 218 Å². The van der Waals surface area contributed by atoms with Crippen LogP contribution in [-0.4, -0.2) is 210 Å². The molecular weight excluding hydrogens is 973 g/mol. The predicted octanol–water partition coefficient (Wildman–Crippen LogP) is -0.748. The van der Waals surface area contributed by atoms with Crippen LogP contribution in [0.25, 0.3) is 0 Å². The Morgan fingerprint density at radius 2 is 1.27 bits per heavy atom. The van der Waals surface area contributed by atoms with Gasteiger partial charge in [-0.05, 0) is 91.8 Å². The highest BCUT2D eigenvalue weighted by Crippen LogP contribution is 2.75. The monoisotopic (exact) mass is 1060 g/mol. The first-order chi connectivity index (χ1) is 34.6. The zero-order valence-corrected chi connectivity index (χ0v) is 44.1.